The van der Waals surface area contributed by atoms with Crippen LogP contribution in [0, 0.1) is 0 Å². The summed E-state index contributed by atoms with van der Waals surface area (Å²) in [7, 11) is 0. The van der Waals surface area contributed by atoms with Gasteiger partial charge in [-0.1, -0.05) is 11.2 Å². The molecule has 2 rings (SSSR count). The molecule has 0 spiro atoms. The molecule has 0 saturated heterocycles. The molecule has 0 atom stereocenters. The van der Waals surface area contributed by atoms with Crippen LogP contribution in [-0.4, -0.2) is 21.0 Å². The number of pyridine rings is 2. The largest absolute Gasteiger partial charge is 0.409 e. The molecule has 92 valence electrons. The summed E-state index contributed by atoms with van der Waals surface area (Å²) in [5.74, 6) is 0.759. The van der Waals surface area contributed by atoms with E-state index in [4.69, 9.17) is 10.9 Å². The van der Waals surface area contributed by atoms with E-state index >= 15 is 0 Å². The third-order valence-electron chi connectivity index (χ3n) is 2.36. The van der Waals surface area contributed by atoms with Crippen LogP contribution >= 0.6 is 0 Å². The van der Waals surface area contributed by atoms with Crippen molar-refractivity contribution in [1.29, 1.82) is 0 Å². The van der Waals surface area contributed by atoms with Gasteiger partial charge in [0.2, 0.25) is 0 Å². The van der Waals surface area contributed by atoms with Crippen LogP contribution in [0.15, 0.2) is 48.0 Å². The topological polar surface area (TPSA) is 96.4 Å². The van der Waals surface area contributed by atoms with Crippen LogP contribution in [0.3, 0.4) is 0 Å². The van der Waals surface area contributed by atoms with Gasteiger partial charge < -0.3 is 16.3 Å². The van der Waals surface area contributed by atoms with Crippen LogP contribution in [0.1, 0.15) is 11.1 Å². The van der Waals surface area contributed by atoms with Crippen LogP contribution in [0.2, 0.25) is 0 Å². The summed E-state index contributed by atoms with van der Waals surface area (Å²) in [6.07, 6.45) is 5.06. The minimum absolute atomic E-state index is 0.0429. The summed E-state index contributed by atoms with van der Waals surface area (Å²) in [4.78, 5) is 8.18. The normalized spacial score (nSPS) is 11.2. The van der Waals surface area contributed by atoms with Crippen molar-refractivity contribution in [2.24, 2.45) is 10.9 Å². The molecule has 0 aromatic carbocycles. The molecule has 0 bridgehead atoms. The zero-order valence-electron chi connectivity index (χ0n) is 9.61. The van der Waals surface area contributed by atoms with Crippen LogP contribution < -0.4 is 11.1 Å². The van der Waals surface area contributed by atoms with E-state index in [1.54, 1.807) is 30.7 Å². The Kier molecular flexibility index (Phi) is 3.70. The van der Waals surface area contributed by atoms with Gasteiger partial charge in [0, 0.05) is 30.7 Å². The van der Waals surface area contributed by atoms with E-state index in [1.807, 2.05) is 12.1 Å². The number of amidine groups is 1. The van der Waals surface area contributed by atoms with Crippen molar-refractivity contribution >= 4 is 11.7 Å². The van der Waals surface area contributed by atoms with Crippen molar-refractivity contribution in [2.45, 2.75) is 6.54 Å². The van der Waals surface area contributed by atoms with E-state index in [1.165, 1.54) is 0 Å². The minimum Gasteiger partial charge on any atom is -0.409 e. The Morgan fingerprint density at radius 2 is 2.22 bits per heavy atom. The molecule has 2 aromatic heterocycles. The maximum absolute atomic E-state index is 8.52. The summed E-state index contributed by atoms with van der Waals surface area (Å²) in [5, 5.41) is 14.6. The third kappa shape index (κ3) is 2.94. The number of nitrogens with two attached hydrogens (primary N) is 1. The Morgan fingerprint density at radius 3 is 2.83 bits per heavy atom. The van der Waals surface area contributed by atoms with E-state index in [2.05, 4.69) is 20.4 Å². The number of hydrogen-bond donors (Lipinski definition) is 3. The summed E-state index contributed by atoms with van der Waals surface area (Å²) in [6, 6.07) is 7.36. The monoisotopic (exact) mass is 243 g/mol. The zero-order valence-corrected chi connectivity index (χ0v) is 9.61. The Morgan fingerprint density at radius 1 is 1.33 bits per heavy atom. The fraction of sp³-hybridized carbons (Fsp3) is 0.0833. The molecule has 0 aliphatic heterocycles. The van der Waals surface area contributed by atoms with Gasteiger partial charge in [-0.15, -0.1) is 0 Å². The first-order chi connectivity index (χ1) is 8.79. The van der Waals surface area contributed by atoms with E-state index in [0.717, 1.165) is 5.56 Å². The number of rotatable bonds is 4. The second kappa shape index (κ2) is 5.62. The maximum Gasteiger partial charge on any atom is 0.171 e. The highest BCUT2D eigenvalue weighted by Crippen LogP contribution is 2.07. The molecular weight excluding hydrogens is 230 g/mol. The first kappa shape index (κ1) is 11.8. The average molecular weight is 243 g/mol. The fourth-order valence-corrected chi connectivity index (χ4v) is 1.40. The highest BCUT2D eigenvalue weighted by atomic mass is 16.4. The Hall–Kier alpha value is -2.63. The van der Waals surface area contributed by atoms with E-state index in [-0.39, 0.29) is 5.84 Å². The van der Waals surface area contributed by atoms with Crippen molar-refractivity contribution in [3.63, 3.8) is 0 Å². The molecule has 0 saturated carbocycles. The predicted octanol–water partition coefficient (Wildman–Crippen LogP) is 1.18. The van der Waals surface area contributed by atoms with Crippen LogP contribution in [0.25, 0.3) is 0 Å². The minimum atomic E-state index is 0.0429. The SMILES string of the molecule is N/C(=N\O)c1ccc(NCc2cccnc2)nc1. The first-order valence-electron chi connectivity index (χ1n) is 5.36. The number of nitrogens with one attached hydrogen (secondary N) is 1. The molecule has 18 heavy (non-hydrogen) atoms. The fourth-order valence-electron chi connectivity index (χ4n) is 1.40. The Labute approximate surface area is 104 Å². The Bertz CT molecular complexity index is 524. The van der Waals surface area contributed by atoms with Crippen molar-refractivity contribution in [2.75, 3.05) is 5.32 Å². The quantitative estimate of drug-likeness (QED) is 0.324. The lowest BCUT2D eigenvalue weighted by molar-refractivity contribution is 0.318. The molecule has 0 unspecified atom stereocenters. The van der Waals surface area contributed by atoms with Crippen molar-refractivity contribution in [3.8, 4) is 0 Å². The van der Waals surface area contributed by atoms with Gasteiger partial charge in [-0.2, -0.15) is 0 Å². The van der Waals surface area contributed by atoms with Gasteiger partial charge in [-0.05, 0) is 23.8 Å². The lowest BCUT2D eigenvalue weighted by Crippen LogP contribution is -2.13. The first-order valence-corrected chi connectivity index (χ1v) is 5.36. The molecule has 6 heteroatoms. The molecule has 6 nitrogen and oxygen atoms in total. The standard InChI is InChI=1S/C12H13N5O/c13-12(17-18)10-3-4-11(16-8-10)15-7-9-2-1-5-14-6-9/h1-6,8,18H,7H2,(H2,13,17)(H,15,16). The van der Waals surface area contributed by atoms with Crippen LogP contribution in [0.5, 0.6) is 0 Å². The van der Waals surface area contributed by atoms with Crippen LogP contribution in [-0.2, 0) is 6.54 Å². The van der Waals surface area contributed by atoms with Gasteiger partial charge in [-0.3, -0.25) is 4.98 Å². The average Bonchev–Trinajstić information content (AvgIpc) is 2.46. The van der Waals surface area contributed by atoms with E-state index < -0.39 is 0 Å². The highest BCUT2D eigenvalue weighted by Gasteiger charge is 2.00. The molecule has 0 amide bonds. The van der Waals surface area contributed by atoms with Crippen molar-refractivity contribution < 1.29 is 5.21 Å². The summed E-state index contributed by atoms with van der Waals surface area (Å²) in [5.41, 5.74) is 7.08. The third-order valence-corrected chi connectivity index (χ3v) is 2.36. The van der Waals surface area contributed by atoms with Gasteiger partial charge in [0.1, 0.15) is 5.82 Å². The summed E-state index contributed by atoms with van der Waals surface area (Å²) in [6.45, 7) is 0.643. The van der Waals surface area contributed by atoms with Gasteiger partial charge in [0.15, 0.2) is 5.84 Å². The van der Waals surface area contributed by atoms with Crippen LogP contribution in [0.4, 0.5) is 5.82 Å². The number of aromatic nitrogens is 2. The summed E-state index contributed by atoms with van der Waals surface area (Å²) < 4.78 is 0. The second-order valence-electron chi connectivity index (χ2n) is 3.63. The summed E-state index contributed by atoms with van der Waals surface area (Å²) >= 11 is 0. The number of nitrogens with zero attached hydrogens (tertiary/aromatic N) is 3. The van der Waals surface area contributed by atoms with E-state index in [0.29, 0.717) is 17.9 Å². The molecule has 0 radical (unpaired) electrons. The molecule has 0 aliphatic rings. The molecule has 4 N–H and O–H groups in total. The van der Waals surface area contributed by atoms with E-state index in [9.17, 15) is 0 Å². The molecule has 2 aromatic rings. The molecule has 0 aliphatic carbocycles. The van der Waals surface area contributed by atoms with Gasteiger partial charge in [0.05, 0.1) is 0 Å². The highest BCUT2D eigenvalue weighted by molar-refractivity contribution is 5.96. The number of anilines is 1. The smallest absolute Gasteiger partial charge is 0.171 e. The molecule has 0 fully saturated rings. The lowest BCUT2D eigenvalue weighted by atomic mass is 10.2. The van der Waals surface area contributed by atoms with Gasteiger partial charge in [0.25, 0.3) is 0 Å². The maximum atomic E-state index is 8.52. The molecule has 2 heterocycles. The Balaban J connectivity index is 1.99. The predicted molar refractivity (Wildman–Crippen MR) is 68.3 cm³/mol. The molecular formula is C12H13N5O. The number of hydrogen-bond acceptors (Lipinski definition) is 5. The van der Waals surface area contributed by atoms with Crippen molar-refractivity contribution in [3.05, 3.63) is 54.0 Å². The second-order valence-corrected chi connectivity index (χ2v) is 3.63. The van der Waals surface area contributed by atoms with Crippen molar-refractivity contribution in [1.82, 2.24) is 9.97 Å². The number of oxime groups is 1. The van der Waals surface area contributed by atoms with Gasteiger partial charge >= 0.3 is 0 Å². The van der Waals surface area contributed by atoms with Gasteiger partial charge in [-0.25, -0.2) is 4.98 Å². The zero-order chi connectivity index (χ0) is 12.8. The lowest BCUT2D eigenvalue weighted by Gasteiger charge is -2.05.